The van der Waals surface area contributed by atoms with E-state index in [2.05, 4.69) is 6.58 Å². The van der Waals surface area contributed by atoms with Gasteiger partial charge in [-0.25, -0.2) is 9.59 Å². The minimum Gasteiger partial charge on any atom is -0.471 e. The predicted molar refractivity (Wildman–Crippen MR) is 129 cm³/mol. The molecule has 12 nitrogen and oxygen atoms in total. The Morgan fingerprint density at radius 1 is 1.13 bits per heavy atom. The van der Waals surface area contributed by atoms with Gasteiger partial charge in [0.1, 0.15) is 24.4 Å². The number of fused-ring (bicyclic) bond motifs is 1. The molecule has 4 unspecified atom stereocenters. The fourth-order valence-corrected chi connectivity index (χ4v) is 4.49. The van der Waals surface area contributed by atoms with Gasteiger partial charge in [0.25, 0.3) is 0 Å². The van der Waals surface area contributed by atoms with Gasteiger partial charge in [-0.05, 0) is 26.7 Å². The average molecular weight is 541 g/mol. The number of aliphatic hydroxyl groups excluding tert-OH is 5. The fourth-order valence-electron chi connectivity index (χ4n) is 4.49. The predicted octanol–water partition coefficient (Wildman–Crippen LogP) is -0.0572. The van der Waals surface area contributed by atoms with E-state index in [0.29, 0.717) is 18.4 Å². The average Bonchev–Trinajstić information content (AvgIpc) is 2.88. The topological polar surface area (TPSA) is 181 Å². The number of carbonyl (C=O) groups is 2. The van der Waals surface area contributed by atoms with Crippen LogP contribution >= 0.6 is 0 Å². The van der Waals surface area contributed by atoms with Gasteiger partial charge in [-0.1, -0.05) is 23.8 Å². The molecule has 3 aliphatic heterocycles. The Morgan fingerprint density at radius 3 is 2.53 bits per heavy atom. The number of cyclic esters (lactones) is 1. The summed E-state index contributed by atoms with van der Waals surface area (Å²) in [7, 11) is 0. The molecule has 2 fully saturated rings. The molecule has 0 bridgehead atoms. The van der Waals surface area contributed by atoms with Gasteiger partial charge in [0.2, 0.25) is 12.6 Å². The number of esters is 2. The second kappa shape index (κ2) is 13.5. The Hall–Kier alpha value is -2.58. The van der Waals surface area contributed by atoms with Crippen molar-refractivity contribution < 1.29 is 58.8 Å². The lowest BCUT2D eigenvalue weighted by atomic mass is 9.80. The first-order chi connectivity index (χ1) is 18.1. The van der Waals surface area contributed by atoms with Crippen LogP contribution in [-0.4, -0.2) is 94.0 Å². The first-order valence-electron chi connectivity index (χ1n) is 12.4. The Morgan fingerprint density at radius 2 is 1.87 bits per heavy atom. The highest BCUT2D eigenvalue weighted by atomic mass is 16.8. The monoisotopic (exact) mass is 540 g/mol. The summed E-state index contributed by atoms with van der Waals surface area (Å²) in [4.78, 5) is 25.2. The van der Waals surface area contributed by atoms with Gasteiger partial charge in [-0.15, -0.1) is 6.58 Å². The molecule has 5 N–H and O–H groups in total. The van der Waals surface area contributed by atoms with Gasteiger partial charge in [-0.3, -0.25) is 0 Å². The zero-order chi connectivity index (χ0) is 28.0. The summed E-state index contributed by atoms with van der Waals surface area (Å²) >= 11 is 0. The van der Waals surface area contributed by atoms with Crippen molar-refractivity contribution in [2.24, 2.45) is 11.8 Å². The maximum Gasteiger partial charge on any atom is 0.340 e. The third-order valence-electron chi connectivity index (χ3n) is 6.81. The van der Waals surface area contributed by atoms with Crippen molar-refractivity contribution >= 4 is 11.9 Å². The second-order valence-electron chi connectivity index (χ2n) is 9.47. The number of hydrogen-bond acceptors (Lipinski definition) is 12. The largest absolute Gasteiger partial charge is 0.471 e. The number of rotatable bonds is 10. The number of ether oxygens (including phenoxy) is 5. The van der Waals surface area contributed by atoms with Crippen molar-refractivity contribution in [2.45, 2.75) is 76.4 Å². The standard InChI is InChI=1S/C26H36O12/c1-4-15-16-10-19(36-23(32)14(3)7-5-6-13(2)8-9-27)37-24(33)17(16)12-34-25(15)38-26-22(31)21(30)20(29)18(11-28)35-26/h4,7-8,12,15-16,18-22,25-31H,1,5-6,9-11H2,2-3H3/b13-8+,14-7+/t15?,16?,18-,19?,20-,21+,22-,25?,26+/m1/s1. The number of hydrogen-bond donors (Lipinski definition) is 5. The van der Waals surface area contributed by atoms with Crippen LogP contribution in [0.5, 0.6) is 0 Å². The smallest absolute Gasteiger partial charge is 0.340 e. The van der Waals surface area contributed by atoms with Gasteiger partial charge >= 0.3 is 11.9 Å². The van der Waals surface area contributed by atoms with Crippen LogP contribution in [0.3, 0.4) is 0 Å². The second-order valence-corrected chi connectivity index (χ2v) is 9.47. The molecule has 38 heavy (non-hydrogen) atoms. The molecule has 3 heterocycles. The normalized spacial score (nSPS) is 35.9. The van der Waals surface area contributed by atoms with Crippen LogP contribution in [0.25, 0.3) is 0 Å². The molecule has 2 saturated heterocycles. The van der Waals surface area contributed by atoms with Crippen LogP contribution in [0.4, 0.5) is 0 Å². The van der Waals surface area contributed by atoms with E-state index in [4.69, 9.17) is 28.8 Å². The zero-order valence-electron chi connectivity index (χ0n) is 21.3. The van der Waals surface area contributed by atoms with Crippen LogP contribution in [0, 0.1) is 11.8 Å². The maximum absolute atomic E-state index is 12.6. The number of allylic oxidation sites excluding steroid dienone is 2. The molecule has 3 rings (SSSR count). The third kappa shape index (κ3) is 6.89. The minimum atomic E-state index is -1.64. The first kappa shape index (κ1) is 30.0. The Labute approximate surface area is 220 Å². The van der Waals surface area contributed by atoms with Gasteiger partial charge in [0.15, 0.2) is 6.29 Å². The van der Waals surface area contributed by atoms with E-state index < -0.39 is 73.7 Å². The molecule has 0 amide bonds. The quantitative estimate of drug-likeness (QED) is 0.142. The van der Waals surface area contributed by atoms with Gasteiger partial charge in [0.05, 0.1) is 25.0 Å². The summed E-state index contributed by atoms with van der Waals surface area (Å²) in [5.41, 5.74) is 1.52. The summed E-state index contributed by atoms with van der Waals surface area (Å²) in [5, 5.41) is 48.7. The highest BCUT2D eigenvalue weighted by Crippen LogP contribution is 2.40. The summed E-state index contributed by atoms with van der Waals surface area (Å²) < 4.78 is 27.4. The van der Waals surface area contributed by atoms with E-state index >= 15 is 0 Å². The molecular formula is C26H36O12. The Kier molecular flexibility index (Phi) is 10.6. The van der Waals surface area contributed by atoms with Crippen molar-refractivity contribution in [1.82, 2.24) is 0 Å². The highest BCUT2D eigenvalue weighted by Gasteiger charge is 2.49. The molecule has 0 aromatic rings. The SMILES string of the molecule is C=CC1C(O[C@@H]2O[C@H](CO)[C@@H](O)[C@H](O)[C@H]2O)OC=C2C(=O)OC(OC(=O)/C(C)=C/CC/C(C)=C/CO)CC21. The summed E-state index contributed by atoms with van der Waals surface area (Å²) in [5.74, 6) is -2.63. The molecule has 212 valence electrons. The fraction of sp³-hybridized carbons (Fsp3) is 0.615. The van der Waals surface area contributed by atoms with Crippen LogP contribution in [0.2, 0.25) is 0 Å². The van der Waals surface area contributed by atoms with E-state index in [-0.39, 0.29) is 18.6 Å². The zero-order valence-corrected chi connectivity index (χ0v) is 21.3. The van der Waals surface area contributed by atoms with Crippen molar-refractivity contribution in [3.8, 4) is 0 Å². The summed E-state index contributed by atoms with van der Waals surface area (Å²) in [6.45, 7) is 6.58. The van der Waals surface area contributed by atoms with Gasteiger partial charge in [-0.2, -0.15) is 0 Å². The molecule has 0 aromatic heterocycles. The van der Waals surface area contributed by atoms with E-state index in [9.17, 15) is 30.0 Å². The maximum atomic E-state index is 12.6. The highest BCUT2D eigenvalue weighted by molar-refractivity contribution is 5.91. The molecule has 0 radical (unpaired) electrons. The molecule has 0 saturated carbocycles. The Bertz CT molecular complexity index is 954. The molecule has 0 spiro atoms. The van der Waals surface area contributed by atoms with E-state index in [0.717, 1.165) is 11.8 Å². The molecular weight excluding hydrogens is 504 g/mol. The van der Waals surface area contributed by atoms with Gasteiger partial charge < -0.3 is 49.2 Å². The van der Waals surface area contributed by atoms with Crippen molar-refractivity contribution in [1.29, 1.82) is 0 Å². The minimum absolute atomic E-state index is 0.0492. The van der Waals surface area contributed by atoms with E-state index in [1.165, 1.54) is 6.08 Å². The van der Waals surface area contributed by atoms with E-state index in [1.54, 1.807) is 19.1 Å². The van der Waals surface area contributed by atoms with Crippen LogP contribution in [-0.2, 0) is 33.3 Å². The van der Waals surface area contributed by atoms with Gasteiger partial charge in [0, 0.05) is 23.8 Å². The van der Waals surface area contributed by atoms with Crippen LogP contribution in [0.1, 0.15) is 33.1 Å². The molecule has 0 aliphatic carbocycles. The third-order valence-corrected chi connectivity index (χ3v) is 6.81. The summed E-state index contributed by atoms with van der Waals surface area (Å²) in [6.07, 6.45) is -2.41. The van der Waals surface area contributed by atoms with E-state index in [1.807, 2.05) is 6.92 Å². The molecule has 12 heteroatoms. The van der Waals surface area contributed by atoms with Crippen LogP contribution in [0.15, 0.2) is 47.8 Å². The lowest BCUT2D eigenvalue weighted by molar-refractivity contribution is -0.340. The Balaban J connectivity index is 1.66. The van der Waals surface area contributed by atoms with Crippen molar-refractivity contribution in [3.05, 3.63) is 47.8 Å². The molecule has 0 aromatic carbocycles. The summed E-state index contributed by atoms with van der Waals surface area (Å²) in [6, 6.07) is 0. The first-order valence-corrected chi connectivity index (χ1v) is 12.4. The molecule has 9 atom stereocenters. The lowest BCUT2D eigenvalue weighted by Gasteiger charge is -2.44. The lowest BCUT2D eigenvalue weighted by Crippen LogP contribution is -2.60. The van der Waals surface area contributed by atoms with Crippen LogP contribution < -0.4 is 0 Å². The van der Waals surface area contributed by atoms with Crippen molar-refractivity contribution in [2.75, 3.05) is 13.2 Å². The van der Waals surface area contributed by atoms with Crippen molar-refractivity contribution in [3.63, 3.8) is 0 Å². The number of aliphatic hydroxyl groups is 5. The number of carbonyl (C=O) groups excluding carboxylic acids is 2. The molecule has 3 aliphatic rings.